The molecule has 0 aliphatic rings. The Morgan fingerprint density at radius 3 is 1.17 bits per heavy atom. The summed E-state index contributed by atoms with van der Waals surface area (Å²) in [5.74, 6) is 0. The lowest BCUT2D eigenvalue weighted by Gasteiger charge is -2.20. The normalized spacial score (nSPS) is 11.8. The highest BCUT2D eigenvalue weighted by atomic mass is 14.2. The van der Waals surface area contributed by atoms with Crippen molar-refractivity contribution in [1.29, 1.82) is 0 Å². The monoisotopic (exact) mass is 464 g/mol. The molecule has 0 aliphatic heterocycles. The predicted octanol–water partition coefficient (Wildman–Crippen LogP) is 10.6. The largest absolute Gasteiger partial charge is 0.0985 e. The SMILES string of the molecule is C=C/C(=C\C)c1ccc(-c2c(C=C)c(C=C)c(-c3ccc(/C(C=C)=C/C)cc3)c3ccccc23)cc1. The van der Waals surface area contributed by atoms with E-state index in [-0.39, 0.29) is 0 Å². The van der Waals surface area contributed by atoms with E-state index in [1.807, 2.05) is 38.2 Å². The van der Waals surface area contributed by atoms with Gasteiger partial charge in [-0.3, -0.25) is 0 Å². The number of fused-ring (bicyclic) bond motifs is 1. The minimum Gasteiger partial charge on any atom is -0.0985 e. The van der Waals surface area contributed by atoms with Gasteiger partial charge in [0.2, 0.25) is 0 Å². The topological polar surface area (TPSA) is 0 Å². The minimum absolute atomic E-state index is 1.09. The highest BCUT2D eigenvalue weighted by molar-refractivity contribution is 6.11. The third-order valence-electron chi connectivity index (χ3n) is 6.78. The lowest BCUT2D eigenvalue weighted by atomic mass is 9.83. The molecule has 4 rings (SSSR count). The van der Waals surface area contributed by atoms with Crippen LogP contribution in [0.3, 0.4) is 0 Å². The quantitative estimate of drug-likeness (QED) is 0.227. The lowest BCUT2D eigenvalue weighted by Crippen LogP contribution is -1.96. The van der Waals surface area contributed by atoms with Crippen LogP contribution in [0, 0.1) is 0 Å². The van der Waals surface area contributed by atoms with Crippen molar-refractivity contribution < 1.29 is 0 Å². The van der Waals surface area contributed by atoms with Gasteiger partial charge < -0.3 is 0 Å². The van der Waals surface area contributed by atoms with E-state index in [0.717, 1.165) is 44.5 Å². The second-order valence-corrected chi connectivity index (χ2v) is 8.58. The molecule has 0 heterocycles. The summed E-state index contributed by atoms with van der Waals surface area (Å²) >= 11 is 0. The third kappa shape index (κ3) is 4.34. The van der Waals surface area contributed by atoms with Crippen LogP contribution in [-0.4, -0.2) is 0 Å². The highest BCUT2D eigenvalue weighted by Crippen LogP contribution is 2.43. The van der Waals surface area contributed by atoms with Crippen LogP contribution in [0.5, 0.6) is 0 Å². The Kier molecular flexibility index (Phi) is 7.47. The van der Waals surface area contributed by atoms with E-state index >= 15 is 0 Å². The first kappa shape index (κ1) is 24.7. The van der Waals surface area contributed by atoms with Crippen LogP contribution >= 0.6 is 0 Å². The first-order valence-corrected chi connectivity index (χ1v) is 12.2. The zero-order chi connectivity index (χ0) is 25.7. The average molecular weight is 465 g/mol. The number of hydrogen-bond donors (Lipinski definition) is 0. The predicted molar refractivity (Wildman–Crippen MR) is 163 cm³/mol. The maximum absolute atomic E-state index is 4.21. The van der Waals surface area contributed by atoms with Crippen LogP contribution in [-0.2, 0) is 0 Å². The van der Waals surface area contributed by atoms with Crippen LogP contribution < -0.4 is 0 Å². The summed E-state index contributed by atoms with van der Waals surface area (Å²) in [6.45, 7) is 20.4. The van der Waals surface area contributed by atoms with Crippen LogP contribution in [0.25, 0.3) is 56.3 Å². The Balaban J connectivity index is 2.00. The molecule has 4 aromatic carbocycles. The van der Waals surface area contributed by atoms with Crippen molar-refractivity contribution in [2.24, 2.45) is 0 Å². The fraction of sp³-hybridized carbons (Fsp3) is 0.0556. The fourth-order valence-corrected chi connectivity index (χ4v) is 4.99. The molecule has 0 atom stereocenters. The summed E-state index contributed by atoms with van der Waals surface area (Å²) in [5.41, 5.74) is 11.4. The molecule has 0 heteroatoms. The van der Waals surface area contributed by atoms with Crippen molar-refractivity contribution in [3.63, 3.8) is 0 Å². The van der Waals surface area contributed by atoms with Gasteiger partial charge in [-0.1, -0.05) is 136 Å². The molecule has 0 saturated heterocycles. The maximum atomic E-state index is 4.21. The zero-order valence-corrected chi connectivity index (χ0v) is 21.2. The van der Waals surface area contributed by atoms with Gasteiger partial charge in [0.05, 0.1) is 0 Å². The van der Waals surface area contributed by atoms with Gasteiger partial charge in [-0.05, 0) is 80.3 Å². The Hall–Kier alpha value is -4.42. The minimum atomic E-state index is 1.09. The van der Waals surface area contributed by atoms with E-state index < -0.39 is 0 Å². The molecular weight excluding hydrogens is 432 g/mol. The first-order chi connectivity index (χ1) is 17.6. The smallest absolute Gasteiger partial charge is 0.00266 e. The molecule has 176 valence electrons. The van der Waals surface area contributed by atoms with Crippen LogP contribution in [0.2, 0.25) is 0 Å². The van der Waals surface area contributed by atoms with Crippen molar-refractivity contribution in [2.75, 3.05) is 0 Å². The summed E-state index contributed by atoms with van der Waals surface area (Å²) in [6, 6.07) is 26.0. The van der Waals surface area contributed by atoms with Gasteiger partial charge in [0.25, 0.3) is 0 Å². The summed E-state index contributed by atoms with van der Waals surface area (Å²) in [4.78, 5) is 0. The number of hydrogen-bond acceptors (Lipinski definition) is 0. The molecule has 0 aromatic heterocycles. The third-order valence-corrected chi connectivity index (χ3v) is 6.78. The van der Waals surface area contributed by atoms with Crippen molar-refractivity contribution in [3.05, 3.63) is 146 Å². The van der Waals surface area contributed by atoms with Crippen molar-refractivity contribution in [3.8, 4) is 22.3 Å². The van der Waals surface area contributed by atoms with Crippen LogP contribution in [0.15, 0.2) is 123 Å². The summed E-state index contributed by atoms with van der Waals surface area (Å²) in [6.07, 6.45) is 11.9. The second-order valence-electron chi connectivity index (χ2n) is 8.58. The van der Waals surface area contributed by atoms with Gasteiger partial charge in [-0.25, -0.2) is 0 Å². The van der Waals surface area contributed by atoms with E-state index in [4.69, 9.17) is 0 Å². The Labute approximate surface area is 215 Å². The van der Waals surface area contributed by atoms with Crippen molar-refractivity contribution in [2.45, 2.75) is 13.8 Å². The van der Waals surface area contributed by atoms with Gasteiger partial charge in [0.1, 0.15) is 0 Å². The molecule has 0 amide bonds. The highest BCUT2D eigenvalue weighted by Gasteiger charge is 2.18. The fourth-order valence-electron chi connectivity index (χ4n) is 4.99. The van der Waals surface area contributed by atoms with E-state index in [1.165, 1.54) is 21.9 Å². The van der Waals surface area contributed by atoms with Gasteiger partial charge in [0.15, 0.2) is 0 Å². The molecule has 36 heavy (non-hydrogen) atoms. The van der Waals surface area contributed by atoms with E-state index in [0.29, 0.717) is 0 Å². The molecular formula is C36H32. The van der Waals surface area contributed by atoms with Gasteiger partial charge >= 0.3 is 0 Å². The van der Waals surface area contributed by atoms with E-state index in [9.17, 15) is 0 Å². The standard InChI is InChI=1S/C36H32/c1-7-25(8-2)27-17-21-29(22-18-27)35-31(11-5)32(12-6)36(34-16-14-13-15-33(34)35)30-23-19-28(20-24-30)26(9-3)10-4/h7-24H,1,3,5-6H2,2,4H3/b25-8+,26-10+. The average Bonchev–Trinajstić information content (AvgIpc) is 2.94. The van der Waals surface area contributed by atoms with Crippen molar-refractivity contribution in [1.82, 2.24) is 0 Å². The number of allylic oxidation sites excluding steroid dienone is 6. The maximum Gasteiger partial charge on any atom is -0.00266 e. The second kappa shape index (κ2) is 10.9. The van der Waals surface area contributed by atoms with Crippen LogP contribution in [0.4, 0.5) is 0 Å². The Bertz CT molecular complexity index is 1400. The summed E-state index contributed by atoms with van der Waals surface area (Å²) in [7, 11) is 0. The van der Waals surface area contributed by atoms with Crippen molar-refractivity contribution >= 4 is 34.1 Å². The molecule has 0 saturated carbocycles. The Morgan fingerprint density at radius 2 is 0.889 bits per heavy atom. The lowest BCUT2D eigenvalue weighted by molar-refractivity contribution is 1.55. The van der Waals surface area contributed by atoms with Gasteiger partial charge in [0, 0.05) is 0 Å². The summed E-state index contributed by atoms with van der Waals surface area (Å²) in [5, 5.41) is 2.39. The number of benzene rings is 4. The molecule has 0 nitrogen and oxygen atoms in total. The van der Waals surface area contributed by atoms with E-state index in [2.05, 4.69) is 111 Å². The van der Waals surface area contributed by atoms with Gasteiger partial charge in [-0.15, -0.1) is 0 Å². The molecule has 0 spiro atoms. The van der Waals surface area contributed by atoms with Gasteiger partial charge in [-0.2, -0.15) is 0 Å². The molecule has 0 bridgehead atoms. The molecule has 0 unspecified atom stereocenters. The number of rotatable bonds is 8. The van der Waals surface area contributed by atoms with E-state index in [1.54, 1.807) is 0 Å². The summed E-state index contributed by atoms with van der Waals surface area (Å²) < 4.78 is 0. The first-order valence-electron chi connectivity index (χ1n) is 12.2. The molecule has 0 N–H and O–H groups in total. The zero-order valence-electron chi connectivity index (χ0n) is 21.2. The molecule has 0 radical (unpaired) electrons. The van der Waals surface area contributed by atoms with Crippen LogP contribution in [0.1, 0.15) is 36.1 Å². The molecule has 0 fully saturated rings. The Morgan fingerprint density at radius 1 is 0.528 bits per heavy atom. The molecule has 0 aliphatic carbocycles. The molecule has 4 aromatic rings.